The van der Waals surface area contributed by atoms with Gasteiger partial charge in [0.15, 0.2) is 0 Å². The summed E-state index contributed by atoms with van der Waals surface area (Å²) in [7, 11) is 0. The maximum atomic E-state index is 12.8. The van der Waals surface area contributed by atoms with E-state index in [1.165, 1.54) is 0 Å². The number of hydrogen-bond donors (Lipinski definition) is 3. The number of nitrogens with one attached hydrogen (secondary N) is 3. The van der Waals surface area contributed by atoms with Gasteiger partial charge in [0.1, 0.15) is 11.6 Å². The van der Waals surface area contributed by atoms with E-state index in [-0.39, 0.29) is 11.8 Å². The van der Waals surface area contributed by atoms with Crippen LogP contribution in [0.25, 0.3) is 0 Å². The summed E-state index contributed by atoms with van der Waals surface area (Å²) in [5, 5.41) is 9.24. The van der Waals surface area contributed by atoms with Gasteiger partial charge >= 0.3 is 0 Å². The molecular formula is C28H27N7O2. The molecule has 1 aliphatic rings. The van der Waals surface area contributed by atoms with Crippen molar-refractivity contribution in [2.45, 2.75) is 26.2 Å². The van der Waals surface area contributed by atoms with Gasteiger partial charge in [-0.3, -0.25) is 9.59 Å². The molecule has 0 bridgehead atoms. The standard InChI is InChI=1S/C28H27N7O2/c1-4-35-22-13-12-20(17-21(22)28(2,3)26(35)37)32-27-30-16-14-24(34-27)31-19-10-8-18(9-11-19)25(36)33-23-7-5-6-15-29-23/h5-17H,4H2,1-3H3,(H,29,33,36)(H2,30,31,32,34). The molecule has 0 atom stereocenters. The summed E-state index contributed by atoms with van der Waals surface area (Å²) >= 11 is 0. The highest BCUT2D eigenvalue weighted by Crippen LogP contribution is 2.42. The summed E-state index contributed by atoms with van der Waals surface area (Å²) in [5.41, 5.74) is 3.42. The first-order chi connectivity index (χ1) is 17.8. The number of pyridine rings is 1. The first kappa shape index (κ1) is 23.9. The highest BCUT2D eigenvalue weighted by molar-refractivity contribution is 6.08. The Kier molecular flexibility index (Phi) is 6.27. The number of rotatable bonds is 7. The normalized spacial score (nSPS) is 13.7. The third kappa shape index (κ3) is 4.84. The van der Waals surface area contributed by atoms with Crippen LogP contribution in [-0.4, -0.2) is 33.3 Å². The Morgan fingerprint density at radius 1 is 0.892 bits per heavy atom. The minimum Gasteiger partial charge on any atom is -0.340 e. The summed E-state index contributed by atoms with van der Waals surface area (Å²) in [6, 6.07) is 20.0. The van der Waals surface area contributed by atoms with E-state index in [9.17, 15) is 9.59 Å². The van der Waals surface area contributed by atoms with E-state index in [1.54, 1.807) is 42.7 Å². The molecule has 0 saturated heterocycles. The maximum Gasteiger partial charge on any atom is 0.256 e. The fourth-order valence-corrected chi connectivity index (χ4v) is 4.32. The lowest BCUT2D eigenvalue weighted by Gasteiger charge is -2.18. The van der Waals surface area contributed by atoms with Crippen molar-refractivity contribution in [3.63, 3.8) is 0 Å². The third-order valence-corrected chi connectivity index (χ3v) is 6.29. The van der Waals surface area contributed by atoms with Crippen molar-refractivity contribution < 1.29 is 9.59 Å². The van der Waals surface area contributed by atoms with Crippen molar-refractivity contribution in [3.8, 4) is 0 Å². The fourth-order valence-electron chi connectivity index (χ4n) is 4.32. The van der Waals surface area contributed by atoms with Crippen LogP contribution in [0.4, 0.5) is 34.6 Å². The van der Waals surface area contributed by atoms with E-state index in [0.29, 0.717) is 29.7 Å². The number of aromatic nitrogens is 3. The molecule has 0 unspecified atom stereocenters. The van der Waals surface area contributed by atoms with Crippen LogP contribution in [0.3, 0.4) is 0 Å². The minimum absolute atomic E-state index is 0.102. The van der Waals surface area contributed by atoms with Gasteiger partial charge in [0.05, 0.1) is 5.41 Å². The van der Waals surface area contributed by atoms with Crippen LogP contribution in [-0.2, 0) is 10.2 Å². The van der Waals surface area contributed by atoms with E-state index >= 15 is 0 Å². The predicted octanol–water partition coefficient (Wildman–Crippen LogP) is 5.26. The molecule has 9 heteroatoms. The third-order valence-electron chi connectivity index (χ3n) is 6.29. The van der Waals surface area contributed by atoms with Crippen molar-refractivity contribution in [2.75, 3.05) is 27.4 Å². The van der Waals surface area contributed by atoms with Gasteiger partial charge < -0.3 is 20.9 Å². The molecule has 4 aromatic rings. The zero-order valence-electron chi connectivity index (χ0n) is 20.8. The van der Waals surface area contributed by atoms with Gasteiger partial charge in [-0.05, 0) is 87.0 Å². The van der Waals surface area contributed by atoms with Crippen LogP contribution in [0.2, 0.25) is 0 Å². The molecule has 0 radical (unpaired) electrons. The molecule has 9 nitrogen and oxygen atoms in total. The van der Waals surface area contributed by atoms with Crippen molar-refractivity contribution in [3.05, 3.63) is 90.3 Å². The second kappa shape index (κ2) is 9.69. The Morgan fingerprint density at radius 2 is 1.68 bits per heavy atom. The average molecular weight is 494 g/mol. The van der Waals surface area contributed by atoms with E-state index in [4.69, 9.17) is 0 Å². The van der Waals surface area contributed by atoms with Gasteiger partial charge in [-0.1, -0.05) is 6.07 Å². The molecule has 2 aromatic carbocycles. The minimum atomic E-state index is -0.589. The van der Waals surface area contributed by atoms with Gasteiger partial charge in [0.2, 0.25) is 11.9 Å². The van der Waals surface area contributed by atoms with Gasteiger partial charge in [0.25, 0.3) is 5.91 Å². The summed E-state index contributed by atoms with van der Waals surface area (Å²) in [4.78, 5) is 40.0. The quantitative estimate of drug-likeness (QED) is 0.322. The average Bonchev–Trinajstić information content (AvgIpc) is 3.09. The van der Waals surface area contributed by atoms with Crippen molar-refractivity contribution in [2.24, 2.45) is 0 Å². The van der Waals surface area contributed by atoms with Crippen molar-refractivity contribution in [1.29, 1.82) is 0 Å². The maximum absolute atomic E-state index is 12.8. The number of benzene rings is 2. The van der Waals surface area contributed by atoms with E-state index < -0.39 is 5.41 Å². The van der Waals surface area contributed by atoms with Crippen molar-refractivity contribution in [1.82, 2.24) is 15.0 Å². The zero-order chi connectivity index (χ0) is 26.0. The molecular weight excluding hydrogens is 466 g/mol. The van der Waals surface area contributed by atoms with E-state index in [0.717, 1.165) is 22.6 Å². The molecule has 0 spiro atoms. The Balaban J connectivity index is 1.27. The molecule has 2 amide bonds. The molecule has 1 aliphatic heterocycles. The molecule has 3 N–H and O–H groups in total. The van der Waals surface area contributed by atoms with Gasteiger partial charge in [-0.2, -0.15) is 4.98 Å². The number of amides is 2. The number of anilines is 6. The Hall–Kier alpha value is -4.79. The number of hydrogen-bond acceptors (Lipinski definition) is 7. The van der Waals surface area contributed by atoms with Crippen LogP contribution in [0, 0.1) is 0 Å². The number of carbonyl (C=O) groups excluding carboxylic acids is 2. The molecule has 0 saturated carbocycles. The van der Waals surface area contributed by atoms with Gasteiger partial charge in [-0.15, -0.1) is 0 Å². The largest absolute Gasteiger partial charge is 0.340 e. The number of likely N-dealkylation sites (N-methyl/N-ethyl adjacent to an activating group) is 1. The second-order valence-corrected chi connectivity index (χ2v) is 9.17. The zero-order valence-corrected chi connectivity index (χ0v) is 20.8. The van der Waals surface area contributed by atoms with E-state index in [2.05, 4.69) is 30.9 Å². The second-order valence-electron chi connectivity index (χ2n) is 9.17. The number of nitrogens with zero attached hydrogens (tertiary/aromatic N) is 4. The van der Waals surface area contributed by atoms with Crippen LogP contribution in [0.5, 0.6) is 0 Å². The van der Waals surface area contributed by atoms with Crippen LogP contribution in [0.1, 0.15) is 36.7 Å². The molecule has 2 aromatic heterocycles. The Morgan fingerprint density at radius 3 is 2.41 bits per heavy atom. The smallest absolute Gasteiger partial charge is 0.256 e. The Labute approximate surface area is 215 Å². The lowest BCUT2D eigenvalue weighted by atomic mass is 9.86. The van der Waals surface area contributed by atoms with Gasteiger partial charge in [-0.25, -0.2) is 9.97 Å². The molecule has 3 heterocycles. The number of fused-ring (bicyclic) bond motifs is 1. The van der Waals surface area contributed by atoms with Crippen LogP contribution in [0.15, 0.2) is 79.1 Å². The lowest BCUT2D eigenvalue weighted by Crippen LogP contribution is -2.35. The topological polar surface area (TPSA) is 112 Å². The summed E-state index contributed by atoms with van der Waals surface area (Å²) in [6.07, 6.45) is 3.28. The van der Waals surface area contributed by atoms with Gasteiger partial charge in [0, 0.05) is 41.6 Å². The van der Waals surface area contributed by atoms with E-state index in [1.807, 2.05) is 62.1 Å². The Bertz CT molecular complexity index is 1450. The first-order valence-corrected chi connectivity index (χ1v) is 12.0. The highest BCUT2D eigenvalue weighted by Gasteiger charge is 2.43. The molecule has 0 fully saturated rings. The van der Waals surface area contributed by atoms with Crippen LogP contribution >= 0.6 is 0 Å². The highest BCUT2D eigenvalue weighted by atomic mass is 16.2. The summed E-state index contributed by atoms with van der Waals surface area (Å²) in [6.45, 7) is 6.51. The predicted molar refractivity (Wildman–Crippen MR) is 145 cm³/mol. The fraction of sp³-hybridized carbons (Fsp3) is 0.179. The van der Waals surface area contributed by atoms with Crippen LogP contribution < -0.4 is 20.9 Å². The monoisotopic (exact) mass is 493 g/mol. The molecule has 0 aliphatic carbocycles. The summed E-state index contributed by atoms with van der Waals surface area (Å²) in [5.74, 6) is 1.38. The summed E-state index contributed by atoms with van der Waals surface area (Å²) < 4.78 is 0. The molecule has 5 rings (SSSR count). The first-order valence-electron chi connectivity index (χ1n) is 12.0. The SMILES string of the molecule is CCN1C(=O)C(C)(C)c2cc(Nc3nccc(Nc4ccc(C(=O)Nc5ccccn5)cc4)n3)ccc21. The number of carbonyl (C=O) groups is 2. The van der Waals surface area contributed by atoms with Crippen molar-refractivity contribution >= 4 is 46.5 Å². The molecule has 186 valence electrons. The molecule has 37 heavy (non-hydrogen) atoms. The lowest BCUT2D eigenvalue weighted by molar-refractivity contribution is -0.122.